The molecule has 2 aromatic heterocycles. The number of ether oxygens (including phenoxy) is 1. The lowest BCUT2D eigenvalue weighted by Gasteiger charge is -2.02. The van der Waals surface area contributed by atoms with Gasteiger partial charge in [-0.25, -0.2) is 19.4 Å². The highest BCUT2D eigenvalue weighted by molar-refractivity contribution is 7.14. The van der Waals surface area contributed by atoms with Crippen LogP contribution in [-0.4, -0.2) is 38.2 Å². The molecule has 8 nitrogen and oxygen atoms in total. The Balaban J connectivity index is 1.76. The van der Waals surface area contributed by atoms with E-state index in [1.165, 1.54) is 10.1 Å². The summed E-state index contributed by atoms with van der Waals surface area (Å²) in [7, 11) is 0. The molecule has 1 aromatic carbocycles. The van der Waals surface area contributed by atoms with E-state index in [-0.39, 0.29) is 23.3 Å². The second-order valence-electron chi connectivity index (χ2n) is 5.08. The SMILES string of the molecule is CCOC(=O)c1csc(NC(=O)c2nc(C)n(-c3ccc(Cl)cc3)n2)n1. The molecule has 3 rings (SSSR count). The lowest BCUT2D eigenvalue weighted by molar-refractivity contribution is 0.0520. The summed E-state index contributed by atoms with van der Waals surface area (Å²) < 4.78 is 6.40. The third kappa shape index (κ3) is 3.89. The van der Waals surface area contributed by atoms with Gasteiger partial charge in [0.1, 0.15) is 5.82 Å². The highest BCUT2D eigenvalue weighted by Gasteiger charge is 2.18. The number of carbonyl (C=O) groups excluding carboxylic acids is 2. The van der Waals surface area contributed by atoms with Crippen molar-refractivity contribution >= 4 is 39.9 Å². The summed E-state index contributed by atoms with van der Waals surface area (Å²) in [5.74, 6) is -0.523. The van der Waals surface area contributed by atoms with Crippen molar-refractivity contribution in [3.63, 3.8) is 0 Å². The van der Waals surface area contributed by atoms with Crippen LogP contribution in [0.15, 0.2) is 29.6 Å². The second-order valence-corrected chi connectivity index (χ2v) is 6.38. The Morgan fingerprint density at radius 2 is 2.00 bits per heavy atom. The molecule has 0 saturated carbocycles. The molecule has 26 heavy (non-hydrogen) atoms. The Morgan fingerprint density at radius 3 is 2.69 bits per heavy atom. The minimum Gasteiger partial charge on any atom is -0.461 e. The van der Waals surface area contributed by atoms with Crippen molar-refractivity contribution < 1.29 is 14.3 Å². The first kappa shape index (κ1) is 18.0. The molecule has 2 heterocycles. The number of aryl methyl sites for hydroxylation is 1. The summed E-state index contributed by atoms with van der Waals surface area (Å²) in [4.78, 5) is 32.2. The first-order valence-electron chi connectivity index (χ1n) is 7.61. The Bertz CT molecular complexity index is 951. The van der Waals surface area contributed by atoms with Crippen molar-refractivity contribution in [3.8, 4) is 5.69 Å². The van der Waals surface area contributed by atoms with E-state index in [4.69, 9.17) is 16.3 Å². The van der Waals surface area contributed by atoms with Crippen LogP contribution in [0.5, 0.6) is 0 Å². The summed E-state index contributed by atoms with van der Waals surface area (Å²) in [6.45, 7) is 3.70. The molecule has 1 amide bonds. The fraction of sp³-hybridized carbons (Fsp3) is 0.188. The highest BCUT2D eigenvalue weighted by atomic mass is 35.5. The summed E-state index contributed by atoms with van der Waals surface area (Å²) in [5, 5.41) is 9.17. The summed E-state index contributed by atoms with van der Waals surface area (Å²) >= 11 is 7.00. The third-order valence-corrected chi connectivity index (χ3v) is 4.26. The van der Waals surface area contributed by atoms with Crippen LogP contribution in [-0.2, 0) is 4.74 Å². The minimum absolute atomic E-state index is 0.00895. The van der Waals surface area contributed by atoms with Crippen LogP contribution in [0.4, 0.5) is 5.13 Å². The monoisotopic (exact) mass is 391 g/mol. The zero-order valence-corrected chi connectivity index (χ0v) is 15.5. The number of benzene rings is 1. The number of amides is 1. The number of thiazole rings is 1. The summed E-state index contributed by atoms with van der Waals surface area (Å²) in [5.41, 5.74) is 0.875. The number of hydrogen-bond donors (Lipinski definition) is 1. The van der Waals surface area contributed by atoms with Crippen LogP contribution >= 0.6 is 22.9 Å². The van der Waals surface area contributed by atoms with Crippen LogP contribution in [0.3, 0.4) is 0 Å². The third-order valence-electron chi connectivity index (χ3n) is 3.25. The Hall–Kier alpha value is -2.78. The molecule has 0 atom stereocenters. The predicted octanol–water partition coefficient (Wildman–Crippen LogP) is 3.11. The Morgan fingerprint density at radius 1 is 1.27 bits per heavy atom. The van der Waals surface area contributed by atoms with Crippen molar-refractivity contribution in [1.29, 1.82) is 0 Å². The van der Waals surface area contributed by atoms with Crippen molar-refractivity contribution in [2.24, 2.45) is 0 Å². The molecule has 0 spiro atoms. The molecule has 0 saturated heterocycles. The van der Waals surface area contributed by atoms with Crippen LogP contribution < -0.4 is 5.32 Å². The molecular formula is C16H14ClN5O3S. The summed E-state index contributed by atoms with van der Waals surface area (Å²) in [6, 6.07) is 7.00. The second kappa shape index (κ2) is 7.63. The topological polar surface area (TPSA) is 99.0 Å². The summed E-state index contributed by atoms with van der Waals surface area (Å²) in [6.07, 6.45) is 0. The Labute approximate surface area is 157 Å². The fourth-order valence-corrected chi connectivity index (χ4v) is 2.90. The molecule has 10 heteroatoms. The zero-order valence-electron chi connectivity index (χ0n) is 13.9. The van der Waals surface area contributed by atoms with Gasteiger partial charge in [-0.3, -0.25) is 10.1 Å². The van der Waals surface area contributed by atoms with Crippen molar-refractivity contribution in [3.05, 3.63) is 52.0 Å². The normalized spacial score (nSPS) is 10.6. The average Bonchev–Trinajstić information content (AvgIpc) is 3.23. The first-order valence-corrected chi connectivity index (χ1v) is 8.87. The number of aromatic nitrogens is 4. The van der Waals surface area contributed by atoms with Gasteiger partial charge >= 0.3 is 5.97 Å². The molecule has 0 unspecified atom stereocenters. The maximum Gasteiger partial charge on any atom is 0.357 e. The smallest absolute Gasteiger partial charge is 0.357 e. The molecular weight excluding hydrogens is 378 g/mol. The number of esters is 1. The average molecular weight is 392 g/mol. The Kier molecular flexibility index (Phi) is 5.29. The number of hydrogen-bond acceptors (Lipinski definition) is 7. The van der Waals surface area contributed by atoms with Crippen LogP contribution in [0, 0.1) is 6.92 Å². The van der Waals surface area contributed by atoms with Crippen LogP contribution in [0.25, 0.3) is 5.69 Å². The standard InChI is InChI=1S/C16H14ClN5O3S/c1-3-25-15(24)12-8-26-16(19-12)20-14(23)13-18-9(2)22(21-13)11-6-4-10(17)5-7-11/h4-8H,3H2,1-2H3,(H,19,20,23). The maximum atomic E-state index is 12.3. The van der Waals surface area contributed by atoms with E-state index in [0.717, 1.165) is 17.0 Å². The molecule has 1 N–H and O–H groups in total. The largest absolute Gasteiger partial charge is 0.461 e. The molecule has 0 radical (unpaired) electrons. The first-order chi connectivity index (χ1) is 12.5. The number of nitrogens with one attached hydrogen (secondary N) is 1. The molecule has 0 aliphatic carbocycles. The van der Waals surface area contributed by atoms with Gasteiger partial charge in [0.2, 0.25) is 5.82 Å². The predicted molar refractivity (Wildman–Crippen MR) is 97.1 cm³/mol. The number of carbonyl (C=O) groups is 2. The van der Waals surface area contributed by atoms with Crippen molar-refractivity contribution in [2.75, 3.05) is 11.9 Å². The van der Waals surface area contributed by atoms with Gasteiger partial charge in [-0.15, -0.1) is 16.4 Å². The van der Waals surface area contributed by atoms with Gasteiger partial charge in [0, 0.05) is 10.4 Å². The zero-order chi connectivity index (χ0) is 18.7. The van der Waals surface area contributed by atoms with E-state index in [9.17, 15) is 9.59 Å². The lowest BCUT2D eigenvalue weighted by atomic mass is 10.3. The minimum atomic E-state index is -0.537. The molecule has 0 bridgehead atoms. The lowest BCUT2D eigenvalue weighted by Crippen LogP contribution is -2.14. The van der Waals surface area contributed by atoms with Gasteiger partial charge in [-0.2, -0.15) is 0 Å². The van der Waals surface area contributed by atoms with Gasteiger partial charge < -0.3 is 4.74 Å². The number of halogens is 1. The van der Waals surface area contributed by atoms with Crippen molar-refractivity contribution in [1.82, 2.24) is 19.7 Å². The molecule has 0 fully saturated rings. The van der Waals surface area contributed by atoms with E-state index in [1.807, 2.05) is 0 Å². The van der Waals surface area contributed by atoms with Gasteiger partial charge in [-0.05, 0) is 38.1 Å². The van der Waals surface area contributed by atoms with Gasteiger partial charge in [-0.1, -0.05) is 11.6 Å². The van der Waals surface area contributed by atoms with Gasteiger partial charge in [0.25, 0.3) is 5.91 Å². The number of rotatable bonds is 5. The van der Waals surface area contributed by atoms with Gasteiger partial charge in [0.15, 0.2) is 10.8 Å². The highest BCUT2D eigenvalue weighted by Crippen LogP contribution is 2.18. The van der Waals surface area contributed by atoms with Crippen LogP contribution in [0.2, 0.25) is 5.02 Å². The quantitative estimate of drug-likeness (QED) is 0.671. The van der Waals surface area contributed by atoms with E-state index in [2.05, 4.69) is 20.4 Å². The maximum absolute atomic E-state index is 12.3. The number of nitrogens with zero attached hydrogens (tertiary/aromatic N) is 4. The van der Waals surface area contributed by atoms with Gasteiger partial charge in [0.05, 0.1) is 12.3 Å². The van der Waals surface area contributed by atoms with E-state index >= 15 is 0 Å². The molecule has 0 aliphatic rings. The molecule has 3 aromatic rings. The molecule has 134 valence electrons. The van der Waals surface area contributed by atoms with E-state index in [0.29, 0.717) is 10.8 Å². The van der Waals surface area contributed by atoms with Crippen LogP contribution in [0.1, 0.15) is 33.9 Å². The molecule has 0 aliphatic heterocycles. The van der Waals surface area contributed by atoms with Crippen molar-refractivity contribution in [2.45, 2.75) is 13.8 Å². The van der Waals surface area contributed by atoms with E-state index in [1.54, 1.807) is 38.1 Å². The fourth-order valence-electron chi connectivity index (χ4n) is 2.10. The van der Waals surface area contributed by atoms with E-state index < -0.39 is 11.9 Å². The number of anilines is 1.